The molecule has 0 aliphatic rings. The van der Waals surface area contributed by atoms with E-state index in [-0.39, 0.29) is 16.1 Å². The van der Waals surface area contributed by atoms with E-state index in [9.17, 15) is 13.2 Å². The summed E-state index contributed by atoms with van der Waals surface area (Å²) in [6.45, 7) is 0. The van der Waals surface area contributed by atoms with Crippen LogP contribution in [0.1, 0.15) is 10.4 Å². The highest BCUT2D eigenvalue weighted by Crippen LogP contribution is 2.27. The van der Waals surface area contributed by atoms with E-state index in [4.69, 9.17) is 4.74 Å². The van der Waals surface area contributed by atoms with Crippen LogP contribution in [0, 0.1) is 0 Å². The van der Waals surface area contributed by atoms with E-state index in [0.29, 0.717) is 0 Å². The summed E-state index contributed by atoms with van der Waals surface area (Å²) >= 11 is 1.53. The quantitative estimate of drug-likeness (QED) is 0.612. The molecule has 0 radical (unpaired) electrons. The highest BCUT2D eigenvalue weighted by molar-refractivity contribution is 7.98. The second-order valence-electron chi connectivity index (χ2n) is 4.66. The van der Waals surface area contributed by atoms with Gasteiger partial charge in [0.2, 0.25) is 0 Å². The van der Waals surface area contributed by atoms with Gasteiger partial charge in [-0.25, -0.2) is 13.2 Å². The summed E-state index contributed by atoms with van der Waals surface area (Å²) in [5.74, 6) is -0.583. The number of para-hydroxylation sites is 1. The first-order valence-electron chi connectivity index (χ1n) is 6.72. The number of ether oxygens (including phenoxy) is 1. The van der Waals surface area contributed by atoms with Crippen molar-refractivity contribution in [2.45, 2.75) is 9.79 Å². The van der Waals surface area contributed by atoms with Crippen LogP contribution in [0.25, 0.3) is 0 Å². The third-order valence-electron chi connectivity index (χ3n) is 3.37. The fourth-order valence-corrected chi connectivity index (χ4v) is 3.69. The molecule has 0 aromatic heterocycles. The van der Waals surface area contributed by atoms with Crippen molar-refractivity contribution in [3.05, 3.63) is 54.1 Å². The van der Waals surface area contributed by atoms with Crippen LogP contribution in [-0.4, -0.2) is 34.8 Å². The Morgan fingerprint density at radius 2 is 1.70 bits per heavy atom. The highest BCUT2D eigenvalue weighted by atomic mass is 32.2. The van der Waals surface area contributed by atoms with Gasteiger partial charge < -0.3 is 4.74 Å². The molecule has 7 heteroatoms. The van der Waals surface area contributed by atoms with E-state index >= 15 is 0 Å². The van der Waals surface area contributed by atoms with Gasteiger partial charge in [-0.3, -0.25) is 4.31 Å². The zero-order chi connectivity index (χ0) is 17.0. The van der Waals surface area contributed by atoms with E-state index in [1.807, 2.05) is 6.26 Å². The van der Waals surface area contributed by atoms with Crippen molar-refractivity contribution in [2.24, 2.45) is 0 Å². The number of anilines is 1. The Hall–Kier alpha value is -1.99. The number of hydrogen-bond donors (Lipinski definition) is 0. The Kier molecular flexibility index (Phi) is 5.33. The van der Waals surface area contributed by atoms with Crippen molar-refractivity contribution in [1.82, 2.24) is 0 Å². The average molecular weight is 351 g/mol. The summed E-state index contributed by atoms with van der Waals surface area (Å²) in [6, 6.07) is 13.0. The van der Waals surface area contributed by atoms with E-state index in [2.05, 4.69) is 0 Å². The van der Waals surface area contributed by atoms with Gasteiger partial charge in [-0.15, -0.1) is 11.8 Å². The molecular weight excluding hydrogens is 334 g/mol. The lowest BCUT2D eigenvalue weighted by Crippen LogP contribution is -2.28. The van der Waals surface area contributed by atoms with Gasteiger partial charge in [0.05, 0.1) is 23.3 Å². The normalized spacial score (nSPS) is 11.1. The number of carbonyl (C=O) groups is 1. The molecule has 2 rings (SSSR count). The van der Waals surface area contributed by atoms with E-state index in [1.54, 1.807) is 42.5 Å². The second-order valence-corrected chi connectivity index (χ2v) is 7.51. The number of benzene rings is 2. The van der Waals surface area contributed by atoms with Crippen molar-refractivity contribution < 1.29 is 17.9 Å². The lowest BCUT2D eigenvalue weighted by atomic mass is 10.2. The standard InChI is InChI=1S/C16H17NO4S2/c1-17(15-7-5-4-6-14(15)16(18)21-2)23(19,20)13-10-8-12(22-3)9-11-13/h4-11H,1-3H3. The van der Waals surface area contributed by atoms with Gasteiger partial charge in [0.15, 0.2) is 0 Å². The monoisotopic (exact) mass is 351 g/mol. The fraction of sp³-hybridized carbons (Fsp3) is 0.188. The topological polar surface area (TPSA) is 63.7 Å². The SMILES string of the molecule is COC(=O)c1ccccc1N(C)S(=O)(=O)c1ccc(SC)cc1. The van der Waals surface area contributed by atoms with Crippen molar-refractivity contribution in [3.63, 3.8) is 0 Å². The number of carbonyl (C=O) groups excluding carboxylic acids is 1. The fourth-order valence-electron chi connectivity index (χ4n) is 2.07. The smallest absolute Gasteiger partial charge is 0.340 e. The zero-order valence-corrected chi connectivity index (χ0v) is 14.6. The van der Waals surface area contributed by atoms with Crippen LogP contribution >= 0.6 is 11.8 Å². The molecule has 0 N–H and O–H groups in total. The summed E-state index contributed by atoms with van der Waals surface area (Å²) in [6.07, 6.45) is 1.92. The lowest BCUT2D eigenvalue weighted by molar-refractivity contribution is 0.0601. The number of rotatable bonds is 5. The van der Waals surface area contributed by atoms with Crippen LogP contribution in [0.4, 0.5) is 5.69 Å². The molecule has 122 valence electrons. The van der Waals surface area contributed by atoms with E-state index < -0.39 is 16.0 Å². The van der Waals surface area contributed by atoms with Gasteiger partial charge in [0.25, 0.3) is 10.0 Å². The first-order valence-corrected chi connectivity index (χ1v) is 9.38. The van der Waals surface area contributed by atoms with Crippen molar-refractivity contribution in [1.29, 1.82) is 0 Å². The van der Waals surface area contributed by atoms with Crippen LogP contribution in [0.2, 0.25) is 0 Å². The summed E-state index contributed by atoms with van der Waals surface area (Å²) in [7, 11) is -1.09. The molecular formula is C16H17NO4S2. The molecule has 23 heavy (non-hydrogen) atoms. The molecule has 0 unspecified atom stereocenters. The molecule has 2 aromatic rings. The molecule has 0 atom stereocenters. The molecule has 0 aliphatic heterocycles. The maximum atomic E-state index is 12.8. The number of nitrogens with zero attached hydrogens (tertiary/aromatic N) is 1. The Balaban J connectivity index is 2.46. The Bertz CT molecular complexity index is 801. The molecule has 5 nitrogen and oxygen atoms in total. The summed E-state index contributed by atoms with van der Waals surface area (Å²) in [5.41, 5.74) is 0.468. The van der Waals surface area contributed by atoms with Crippen LogP contribution in [0.15, 0.2) is 58.3 Å². The van der Waals surface area contributed by atoms with Crippen molar-refractivity contribution in [3.8, 4) is 0 Å². The molecule has 0 saturated heterocycles. The predicted molar refractivity (Wildman–Crippen MR) is 91.6 cm³/mol. The van der Waals surface area contributed by atoms with Gasteiger partial charge in [-0.2, -0.15) is 0 Å². The molecule has 0 heterocycles. The minimum atomic E-state index is -3.76. The Morgan fingerprint density at radius 3 is 2.26 bits per heavy atom. The summed E-state index contributed by atoms with van der Waals surface area (Å²) < 4.78 is 31.3. The molecule has 0 fully saturated rings. The van der Waals surface area contributed by atoms with Gasteiger partial charge >= 0.3 is 5.97 Å². The van der Waals surface area contributed by atoms with Crippen LogP contribution < -0.4 is 4.31 Å². The van der Waals surface area contributed by atoms with Gasteiger partial charge in [-0.05, 0) is 42.7 Å². The third-order valence-corrected chi connectivity index (χ3v) is 5.90. The average Bonchev–Trinajstić information content (AvgIpc) is 2.60. The van der Waals surface area contributed by atoms with Gasteiger partial charge in [0.1, 0.15) is 0 Å². The Labute approximate surface area is 140 Å². The number of hydrogen-bond acceptors (Lipinski definition) is 5. The maximum absolute atomic E-state index is 12.8. The van der Waals surface area contributed by atoms with E-state index in [1.165, 1.54) is 32.0 Å². The number of thioether (sulfide) groups is 1. The largest absolute Gasteiger partial charge is 0.465 e. The number of methoxy groups -OCH3 is 1. The lowest BCUT2D eigenvalue weighted by Gasteiger charge is -2.21. The molecule has 0 aliphatic carbocycles. The maximum Gasteiger partial charge on any atom is 0.340 e. The first kappa shape index (κ1) is 17.4. The van der Waals surface area contributed by atoms with Gasteiger partial charge in [-0.1, -0.05) is 12.1 Å². The van der Waals surface area contributed by atoms with Crippen LogP contribution in [0.3, 0.4) is 0 Å². The Morgan fingerprint density at radius 1 is 1.09 bits per heavy atom. The third kappa shape index (κ3) is 3.51. The second kappa shape index (κ2) is 7.06. The minimum Gasteiger partial charge on any atom is -0.465 e. The summed E-state index contributed by atoms with van der Waals surface area (Å²) in [4.78, 5) is 13.0. The molecule has 0 spiro atoms. The molecule has 0 bridgehead atoms. The molecule has 0 saturated carbocycles. The first-order chi connectivity index (χ1) is 10.9. The van der Waals surface area contributed by atoms with Gasteiger partial charge in [0, 0.05) is 11.9 Å². The van der Waals surface area contributed by atoms with Crippen LogP contribution in [-0.2, 0) is 14.8 Å². The minimum absolute atomic E-state index is 0.164. The predicted octanol–water partition coefficient (Wildman–Crippen LogP) is 3.02. The highest BCUT2D eigenvalue weighted by Gasteiger charge is 2.25. The number of sulfonamides is 1. The molecule has 0 amide bonds. The van der Waals surface area contributed by atoms with Crippen LogP contribution in [0.5, 0.6) is 0 Å². The molecule has 2 aromatic carbocycles. The van der Waals surface area contributed by atoms with Crippen molar-refractivity contribution >= 4 is 33.4 Å². The van der Waals surface area contributed by atoms with E-state index in [0.717, 1.165) is 9.20 Å². The van der Waals surface area contributed by atoms with Crippen molar-refractivity contribution in [2.75, 3.05) is 24.7 Å². The number of esters is 1. The zero-order valence-electron chi connectivity index (χ0n) is 13.0. The summed E-state index contributed by atoms with van der Waals surface area (Å²) in [5, 5.41) is 0.